The SMILES string of the molecule is Cn1ncnc1CC1(N)CCOc2ccccc21. The number of ether oxygens (including phenoxy) is 1. The molecule has 94 valence electrons. The topological polar surface area (TPSA) is 66.0 Å². The number of aromatic nitrogens is 3. The molecule has 1 atom stereocenters. The second kappa shape index (κ2) is 4.10. The van der Waals surface area contributed by atoms with Crippen molar-refractivity contribution in [1.82, 2.24) is 14.8 Å². The molecule has 2 aromatic rings. The minimum Gasteiger partial charge on any atom is -0.493 e. The highest BCUT2D eigenvalue weighted by atomic mass is 16.5. The monoisotopic (exact) mass is 244 g/mol. The maximum atomic E-state index is 6.57. The lowest BCUT2D eigenvalue weighted by Crippen LogP contribution is -2.44. The van der Waals surface area contributed by atoms with Crippen LogP contribution in [0.1, 0.15) is 17.8 Å². The molecule has 1 aromatic heterocycles. The van der Waals surface area contributed by atoms with E-state index in [0.29, 0.717) is 13.0 Å². The molecule has 3 rings (SSSR count). The summed E-state index contributed by atoms with van der Waals surface area (Å²) in [4.78, 5) is 4.26. The fourth-order valence-corrected chi connectivity index (χ4v) is 2.43. The Morgan fingerprint density at radius 1 is 1.44 bits per heavy atom. The molecular formula is C13H16N4O. The molecule has 1 aliphatic heterocycles. The van der Waals surface area contributed by atoms with Crippen molar-refractivity contribution in [2.24, 2.45) is 12.8 Å². The van der Waals surface area contributed by atoms with Crippen LogP contribution < -0.4 is 10.5 Å². The largest absolute Gasteiger partial charge is 0.493 e. The van der Waals surface area contributed by atoms with Crippen molar-refractivity contribution < 1.29 is 4.74 Å². The normalized spacial score (nSPS) is 22.3. The molecule has 0 radical (unpaired) electrons. The van der Waals surface area contributed by atoms with Gasteiger partial charge in [-0.25, -0.2) is 4.98 Å². The zero-order chi connectivity index (χ0) is 12.6. The van der Waals surface area contributed by atoms with Crippen LogP contribution in [-0.4, -0.2) is 21.4 Å². The Labute approximate surface area is 106 Å². The summed E-state index contributed by atoms with van der Waals surface area (Å²) in [5.41, 5.74) is 7.20. The van der Waals surface area contributed by atoms with Gasteiger partial charge in [-0.05, 0) is 6.07 Å². The Kier molecular flexibility index (Phi) is 2.56. The van der Waals surface area contributed by atoms with Gasteiger partial charge >= 0.3 is 0 Å². The fourth-order valence-electron chi connectivity index (χ4n) is 2.43. The van der Waals surface area contributed by atoms with Gasteiger partial charge in [0, 0.05) is 25.5 Å². The lowest BCUT2D eigenvalue weighted by molar-refractivity contribution is 0.213. The first kappa shape index (κ1) is 11.2. The molecule has 1 unspecified atom stereocenters. The second-order valence-corrected chi connectivity index (χ2v) is 4.73. The Morgan fingerprint density at radius 2 is 2.28 bits per heavy atom. The molecule has 0 amide bonds. The average Bonchev–Trinajstić information content (AvgIpc) is 2.75. The molecule has 0 saturated carbocycles. The highest BCUT2D eigenvalue weighted by molar-refractivity contribution is 5.41. The van der Waals surface area contributed by atoms with Crippen LogP contribution in [0, 0.1) is 0 Å². The van der Waals surface area contributed by atoms with E-state index in [1.54, 1.807) is 11.0 Å². The van der Waals surface area contributed by atoms with Crippen LogP contribution in [0.25, 0.3) is 0 Å². The van der Waals surface area contributed by atoms with E-state index in [9.17, 15) is 0 Å². The van der Waals surface area contributed by atoms with Crippen LogP contribution in [0.4, 0.5) is 0 Å². The molecule has 2 heterocycles. The van der Waals surface area contributed by atoms with E-state index in [1.807, 2.05) is 31.3 Å². The first-order valence-electron chi connectivity index (χ1n) is 6.03. The zero-order valence-electron chi connectivity index (χ0n) is 10.3. The Bertz CT molecular complexity index is 566. The Morgan fingerprint density at radius 3 is 3.06 bits per heavy atom. The number of rotatable bonds is 2. The van der Waals surface area contributed by atoms with Gasteiger partial charge < -0.3 is 10.5 Å². The third kappa shape index (κ3) is 1.76. The summed E-state index contributed by atoms with van der Waals surface area (Å²) in [6.07, 6.45) is 3.02. The van der Waals surface area contributed by atoms with Crippen LogP contribution in [0.3, 0.4) is 0 Å². The van der Waals surface area contributed by atoms with Crippen molar-refractivity contribution in [2.45, 2.75) is 18.4 Å². The van der Waals surface area contributed by atoms with Crippen molar-refractivity contribution >= 4 is 0 Å². The first-order chi connectivity index (χ1) is 8.69. The van der Waals surface area contributed by atoms with Crippen LogP contribution >= 0.6 is 0 Å². The van der Waals surface area contributed by atoms with Crippen LogP contribution in [-0.2, 0) is 19.0 Å². The van der Waals surface area contributed by atoms with Crippen LogP contribution in [0.2, 0.25) is 0 Å². The van der Waals surface area contributed by atoms with E-state index < -0.39 is 5.54 Å². The molecule has 0 bridgehead atoms. The Hall–Kier alpha value is -1.88. The summed E-state index contributed by atoms with van der Waals surface area (Å²) in [6.45, 7) is 0.644. The molecule has 0 saturated heterocycles. The predicted molar refractivity (Wildman–Crippen MR) is 67.1 cm³/mol. The third-order valence-electron chi connectivity index (χ3n) is 3.51. The van der Waals surface area contributed by atoms with Gasteiger partial charge in [-0.15, -0.1) is 0 Å². The Balaban J connectivity index is 1.98. The van der Waals surface area contributed by atoms with Crippen LogP contribution in [0.5, 0.6) is 5.75 Å². The van der Waals surface area contributed by atoms with E-state index in [0.717, 1.165) is 23.6 Å². The standard InChI is InChI=1S/C13H16N4O/c1-17-12(15-9-16-17)8-13(14)6-7-18-11-5-3-2-4-10(11)13/h2-5,9H,6-8,14H2,1H3. The van der Waals surface area contributed by atoms with E-state index >= 15 is 0 Å². The zero-order valence-corrected chi connectivity index (χ0v) is 10.3. The van der Waals surface area contributed by atoms with Gasteiger partial charge in [0.2, 0.25) is 0 Å². The fraction of sp³-hybridized carbons (Fsp3) is 0.385. The van der Waals surface area contributed by atoms with Gasteiger partial charge in [0.05, 0.1) is 12.1 Å². The smallest absolute Gasteiger partial charge is 0.138 e. The summed E-state index contributed by atoms with van der Waals surface area (Å²) >= 11 is 0. The number of hydrogen-bond acceptors (Lipinski definition) is 4. The molecule has 5 heteroatoms. The minimum absolute atomic E-state index is 0.421. The molecule has 0 spiro atoms. The van der Waals surface area contributed by atoms with Crippen molar-refractivity contribution in [3.05, 3.63) is 42.0 Å². The molecule has 1 aliphatic rings. The third-order valence-corrected chi connectivity index (χ3v) is 3.51. The quantitative estimate of drug-likeness (QED) is 0.855. The van der Waals surface area contributed by atoms with Crippen molar-refractivity contribution in [3.63, 3.8) is 0 Å². The van der Waals surface area contributed by atoms with Gasteiger partial charge in [-0.1, -0.05) is 18.2 Å². The summed E-state index contributed by atoms with van der Waals surface area (Å²) in [5.74, 6) is 1.78. The summed E-state index contributed by atoms with van der Waals surface area (Å²) in [5, 5.41) is 4.09. The molecular weight excluding hydrogens is 228 g/mol. The van der Waals surface area contributed by atoms with E-state index in [-0.39, 0.29) is 0 Å². The predicted octanol–water partition coefficient (Wildman–Crippen LogP) is 0.994. The number of para-hydroxylation sites is 1. The molecule has 18 heavy (non-hydrogen) atoms. The maximum Gasteiger partial charge on any atom is 0.138 e. The number of aryl methyl sites for hydroxylation is 1. The molecule has 5 nitrogen and oxygen atoms in total. The molecule has 2 N–H and O–H groups in total. The lowest BCUT2D eigenvalue weighted by Gasteiger charge is -2.35. The number of nitrogens with two attached hydrogens (primary N) is 1. The molecule has 0 fully saturated rings. The first-order valence-corrected chi connectivity index (χ1v) is 6.03. The van der Waals surface area contributed by atoms with Crippen molar-refractivity contribution in [3.8, 4) is 5.75 Å². The molecule has 0 aliphatic carbocycles. The second-order valence-electron chi connectivity index (χ2n) is 4.73. The number of hydrogen-bond donors (Lipinski definition) is 1. The van der Waals surface area contributed by atoms with Gasteiger partial charge in [0.15, 0.2) is 0 Å². The van der Waals surface area contributed by atoms with E-state index in [2.05, 4.69) is 10.1 Å². The van der Waals surface area contributed by atoms with E-state index in [4.69, 9.17) is 10.5 Å². The van der Waals surface area contributed by atoms with E-state index in [1.165, 1.54) is 0 Å². The van der Waals surface area contributed by atoms with Crippen LogP contribution in [0.15, 0.2) is 30.6 Å². The summed E-state index contributed by atoms with van der Waals surface area (Å²) < 4.78 is 7.42. The van der Waals surface area contributed by atoms with Gasteiger partial charge in [-0.3, -0.25) is 4.68 Å². The molecule has 1 aromatic carbocycles. The minimum atomic E-state index is -0.421. The van der Waals surface area contributed by atoms with Crippen molar-refractivity contribution in [1.29, 1.82) is 0 Å². The number of nitrogens with zero attached hydrogens (tertiary/aromatic N) is 3. The summed E-state index contributed by atoms with van der Waals surface area (Å²) in [7, 11) is 1.89. The van der Waals surface area contributed by atoms with Gasteiger partial charge in [0.25, 0.3) is 0 Å². The number of fused-ring (bicyclic) bond motifs is 1. The highest BCUT2D eigenvalue weighted by Gasteiger charge is 2.35. The lowest BCUT2D eigenvalue weighted by atomic mass is 9.82. The highest BCUT2D eigenvalue weighted by Crippen LogP contribution is 2.36. The van der Waals surface area contributed by atoms with Crippen molar-refractivity contribution in [2.75, 3.05) is 6.61 Å². The number of benzene rings is 1. The van der Waals surface area contributed by atoms with Gasteiger partial charge in [0.1, 0.15) is 17.9 Å². The average molecular weight is 244 g/mol. The maximum absolute atomic E-state index is 6.57. The van der Waals surface area contributed by atoms with Gasteiger partial charge in [-0.2, -0.15) is 5.10 Å². The summed E-state index contributed by atoms with van der Waals surface area (Å²) in [6, 6.07) is 7.95.